The zero-order valence-electron chi connectivity index (χ0n) is 19.3. The van der Waals surface area contributed by atoms with Gasteiger partial charge < -0.3 is 15.3 Å². The van der Waals surface area contributed by atoms with Crippen molar-refractivity contribution in [3.8, 4) is 16.9 Å². The number of fused-ring (bicyclic) bond motifs is 1. The van der Waals surface area contributed by atoms with Crippen LogP contribution in [0.1, 0.15) is 12.5 Å². The molecule has 172 valence electrons. The van der Waals surface area contributed by atoms with Crippen LogP contribution >= 0.6 is 11.3 Å². The summed E-state index contributed by atoms with van der Waals surface area (Å²) in [4.78, 5) is 11.5. The second-order valence-corrected chi connectivity index (χ2v) is 8.97. The van der Waals surface area contributed by atoms with E-state index in [4.69, 9.17) is 4.98 Å². The molecule has 0 atom stereocenters. The van der Waals surface area contributed by atoms with E-state index < -0.39 is 0 Å². The minimum atomic E-state index is 0.147. The molecule has 0 amide bonds. The Morgan fingerprint density at radius 3 is 2.65 bits per heavy atom. The number of aryl methyl sites for hydroxylation is 1. The van der Waals surface area contributed by atoms with E-state index in [2.05, 4.69) is 87.5 Å². The lowest BCUT2D eigenvalue weighted by atomic mass is 10.1. The van der Waals surface area contributed by atoms with Crippen LogP contribution in [0.2, 0.25) is 0 Å². The number of benzene rings is 3. The van der Waals surface area contributed by atoms with Crippen LogP contribution in [0, 0.1) is 6.92 Å². The van der Waals surface area contributed by atoms with Crippen molar-refractivity contribution in [1.82, 2.24) is 14.5 Å². The molecule has 0 aliphatic heterocycles. The fraction of sp³-hybridized carbons (Fsp3) is 0.185. The Morgan fingerprint density at radius 1 is 1.06 bits per heavy atom. The van der Waals surface area contributed by atoms with Crippen LogP contribution in [0.3, 0.4) is 0 Å². The van der Waals surface area contributed by atoms with Gasteiger partial charge in [-0.05, 0) is 61.9 Å². The van der Waals surface area contributed by atoms with Crippen molar-refractivity contribution < 1.29 is 5.11 Å². The standard InChI is InChI=1S/C27H27N5OS/c1-3-31(14-15-33)22-12-13-23(19(2)16-22)29-27-30-25(17-34-27)20-8-10-21(11-9-20)32-18-28-24-6-4-5-7-26(24)32/h4-13,16-18,33H,3,14-15H2,1-2H3,(H,29,30). The third-order valence-electron chi connectivity index (χ3n) is 5.97. The maximum Gasteiger partial charge on any atom is 0.187 e. The molecule has 0 fully saturated rings. The van der Waals surface area contributed by atoms with Gasteiger partial charge in [0.15, 0.2) is 5.13 Å². The smallest absolute Gasteiger partial charge is 0.187 e. The molecule has 5 rings (SSSR count). The van der Waals surface area contributed by atoms with Crippen LogP contribution in [-0.2, 0) is 0 Å². The normalized spacial score (nSPS) is 11.1. The molecule has 0 radical (unpaired) electrons. The van der Waals surface area contributed by atoms with Gasteiger partial charge in [0, 0.05) is 41.1 Å². The summed E-state index contributed by atoms with van der Waals surface area (Å²) in [6, 6.07) is 22.9. The molecular formula is C27H27N5OS. The number of hydrogen-bond acceptors (Lipinski definition) is 6. The van der Waals surface area contributed by atoms with Gasteiger partial charge in [0.1, 0.15) is 6.33 Å². The molecule has 2 N–H and O–H groups in total. The lowest BCUT2D eigenvalue weighted by Gasteiger charge is -2.23. The quantitative estimate of drug-likeness (QED) is 0.291. The lowest BCUT2D eigenvalue weighted by Crippen LogP contribution is -2.26. The fourth-order valence-corrected chi connectivity index (χ4v) is 4.84. The van der Waals surface area contributed by atoms with Gasteiger partial charge in [-0.25, -0.2) is 9.97 Å². The van der Waals surface area contributed by atoms with Crippen LogP contribution in [0.25, 0.3) is 28.0 Å². The van der Waals surface area contributed by atoms with E-state index in [1.54, 1.807) is 11.3 Å². The van der Waals surface area contributed by atoms with Crippen LogP contribution in [-0.4, -0.2) is 39.3 Å². The van der Waals surface area contributed by atoms with E-state index in [-0.39, 0.29) is 6.61 Å². The minimum Gasteiger partial charge on any atom is -0.395 e. The average molecular weight is 470 g/mol. The van der Waals surface area contributed by atoms with Gasteiger partial charge in [-0.2, -0.15) is 0 Å². The monoisotopic (exact) mass is 469 g/mol. The number of thiazole rings is 1. The van der Waals surface area contributed by atoms with Gasteiger partial charge in [-0.3, -0.25) is 4.57 Å². The molecule has 0 bridgehead atoms. The Kier molecular flexibility index (Phi) is 6.29. The molecule has 0 saturated carbocycles. The first-order valence-electron chi connectivity index (χ1n) is 11.4. The number of hydrogen-bond donors (Lipinski definition) is 2. The average Bonchev–Trinajstić information content (AvgIpc) is 3.51. The van der Waals surface area contributed by atoms with Crippen LogP contribution in [0.4, 0.5) is 16.5 Å². The number of nitrogens with zero attached hydrogens (tertiary/aromatic N) is 4. The summed E-state index contributed by atoms with van der Waals surface area (Å²) >= 11 is 1.59. The summed E-state index contributed by atoms with van der Waals surface area (Å²) < 4.78 is 2.10. The third kappa shape index (κ3) is 4.40. The number of imidazole rings is 1. The van der Waals surface area contributed by atoms with Crippen molar-refractivity contribution in [1.29, 1.82) is 0 Å². The summed E-state index contributed by atoms with van der Waals surface area (Å²) in [5.74, 6) is 0. The highest BCUT2D eigenvalue weighted by Crippen LogP contribution is 2.30. The van der Waals surface area contributed by atoms with E-state index >= 15 is 0 Å². The molecule has 2 heterocycles. The second-order valence-electron chi connectivity index (χ2n) is 8.12. The summed E-state index contributed by atoms with van der Waals surface area (Å²) in [5, 5.41) is 15.7. The number of aromatic nitrogens is 3. The first-order valence-corrected chi connectivity index (χ1v) is 12.3. The molecular weight excluding hydrogens is 442 g/mol. The summed E-state index contributed by atoms with van der Waals surface area (Å²) in [6.07, 6.45) is 1.86. The predicted octanol–water partition coefficient (Wildman–Crippen LogP) is 6.02. The molecule has 7 heteroatoms. The number of nitrogens with one attached hydrogen (secondary N) is 1. The number of aliphatic hydroxyl groups excluding tert-OH is 1. The largest absolute Gasteiger partial charge is 0.395 e. The number of para-hydroxylation sites is 2. The Morgan fingerprint density at radius 2 is 1.88 bits per heavy atom. The minimum absolute atomic E-state index is 0.147. The first kappa shape index (κ1) is 22.1. The fourth-order valence-electron chi connectivity index (χ4n) is 4.11. The molecule has 0 aliphatic rings. The van der Waals surface area contributed by atoms with Crippen molar-refractivity contribution in [2.45, 2.75) is 13.8 Å². The Hall–Kier alpha value is -3.68. The summed E-state index contributed by atoms with van der Waals surface area (Å²) in [6.45, 7) is 5.83. The van der Waals surface area contributed by atoms with E-state index in [9.17, 15) is 5.11 Å². The van der Waals surface area contributed by atoms with Crippen LogP contribution < -0.4 is 10.2 Å². The number of rotatable bonds is 8. The zero-order chi connectivity index (χ0) is 23.5. The molecule has 0 saturated heterocycles. The van der Waals surface area contributed by atoms with Crippen LogP contribution in [0.15, 0.2) is 78.4 Å². The van der Waals surface area contributed by atoms with Crippen molar-refractivity contribution in [3.05, 3.63) is 84.0 Å². The maximum atomic E-state index is 9.28. The van der Waals surface area contributed by atoms with E-state index in [1.807, 2.05) is 24.5 Å². The first-order chi connectivity index (χ1) is 16.7. The number of anilines is 3. The van der Waals surface area contributed by atoms with Crippen LogP contribution in [0.5, 0.6) is 0 Å². The molecule has 34 heavy (non-hydrogen) atoms. The van der Waals surface area contributed by atoms with Crippen molar-refractivity contribution >= 4 is 38.9 Å². The Balaban J connectivity index is 1.32. The predicted molar refractivity (Wildman–Crippen MR) is 142 cm³/mol. The Bertz CT molecular complexity index is 1410. The Labute approximate surface area is 203 Å². The van der Waals surface area contributed by atoms with Crippen molar-refractivity contribution in [2.24, 2.45) is 0 Å². The van der Waals surface area contributed by atoms with Gasteiger partial charge in [0.25, 0.3) is 0 Å². The van der Waals surface area contributed by atoms with Crippen molar-refractivity contribution in [3.63, 3.8) is 0 Å². The molecule has 6 nitrogen and oxygen atoms in total. The molecule has 0 unspecified atom stereocenters. The van der Waals surface area contributed by atoms with Gasteiger partial charge in [-0.1, -0.05) is 24.3 Å². The maximum absolute atomic E-state index is 9.28. The molecule has 5 aromatic rings. The third-order valence-corrected chi connectivity index (χ3v) is 6.73. The number of aliphatic hydroxyl groups is 1. The number of likely N-dealkylation sites (N-methyl/N-ethyl adjacent to an activating group) is 1. The topological polar surface area (TPSA) is 66.2 Å². The van der Waals surface area contributed by atoms with Crippen molar-refractivity contribution in [2.75, 3.05) is 29.9 Å². The van der Waals surface area contributed by atoms with Gasteiger partial charge in [0.05, 0.1) is 23.3 Å². The van der Waals surface area contributed by atoms with Gasteiger partial charge in [0.2, 0.25) is 0 Å². The molecule has 0 spiro atoms. The summed E-state index contributed by atoms with van der Waals surface area (Å²) in [5.41, 5.74) is 8.47. The molecule has 3 aromatic carbocycles. The van der Waals surface area contributed by atoms with Gasteiger partial charge in [-0.15, -0.1) is 11.3 Å². The molecule has 0 aliphatic carbocycles. The van der Waals surface area contributed by atoms with E-state index in [0.717, 1.165) is 56.6 Å². The van der Waals surface area contributed by atoms with Gasteiger partial charge >= 0.3 is 0 Å². The summed E-state index contributed by atoms with van der Waals surface area (Å²) in [7, 11) is 0. The van der Waals surface area contributed by atoms with E-state index in [1.165, 1.54) is 0 Å². The van der Waals surface area contributed by atoms with E-state index in [0.29, 0.717) is 6.54 Å². The second kappa shape index (κ2) is 9.67. The highest BCUT2D eigenvalue weighted by Gasteiger charge is 2.10. The zero-order valence-corrected chi connectivity index (χ0v) is 20.1. The highest BCUT2D eigenvalue weighted by molar-refractivity contribution is 7.14. The highest BCUT2D eigenvalue weighted by atomic mass is 32.1. The SMILES string of the molecule is CCN(CCO)c1ccc(Nc2nc(-c3ccc(-n4cnc5ccccc54)cc3)cs2)c(C)c1. The lowest BCUT2D eigenvalue weighted by molar-refractivity contribution is 0.302. The molecule has 2 aromatic heterocycles.